The quantitative estimate of drug-likeness (QED) is 0.334. The number of nitrogens with one attached hydrogen (secondary N) is 1. The number of aryl methyl sites for hydroxylation is 1. The summed E-state index contributed by atoms with van der Waals surface area (Å²) in [4.78, 5) is 32.9. The second kappa shape index (κ2) is 9.36. The van der Waals surface area contributed by atoms with Gasteiger partial charge in [0.1, 0.15) is 0 Å². The number of piperidine rings is 1. The van der Waals surface area contributed by atoms with E-state index in [1.165, 1.54) is 0 Å². The Morgan fingerprint density at radius 3 is 2.28 bits per heavy atom. The average molecular weight is 520 g/mol. The number of aromatic nitrogens is 3. The fourth-order valence-corrected chi connectivity index (χ4v) is 6.11. The van der Waals surface area contributed by atoms with Crippen LogP contribution in [0, 0.1) is 0 Å². The van der Waals surface area contributed by atoms with Crippen LogP contribution in [0.4, 0.5) is 0 Å². The molecular weight excluding hydrogens is 486 g/mol. The van der Waals surface area contributed by atoms with Crippen molar-refractivity contribution in [3.8, 4) is 0 Å². The van der Waals surface area contributed by atoms with Crippen molar-refractivity contribution in [1.82, 2.24) is 24.3 Å². The van der Waals surface area contributed by atoms with Crippen LogP contribution in [0.1, 0.15) is 41.2 Å². The molecule has 0 radical (unpaired) electrons. The number of hydrogen-bond donors (Lipinski definition) is 1. The first kappa shape index (κ1) is 19.6. The predicted octanol–water partition coefficient (Wildman–Crippen LogP) is 4.93. The Kier molecular flexibility index (Phi) is 4.69. The Bertz CT molecular complexity index is 2000. The molecule has 7 heteroatoms. The molecule has 194 valence electrons. The summed E-state index contributed by atoms with van der Waals surface area (Å²) in [6.45, 7) is 1.80. The summed E-state index contributed by atoms with van der Waals surface area (Å²) in [6, 6.07) is 15.3. The van der Waals surface area contributed by atoms with Crippen molar-refractivity contribution in [2.24, 2.45) is 7.05 Å². The molecule has 0 spiro atoms. The molecule has 5 aromatic rings. The van der Waals surface area contributed by atoms with Crippen molar-refractivity contribution in [3.63, 3.8) is 0 Å². The smallest absolute Gasteiger partial charge is 0.259 e. The molecule has 0 aliphatic carbocycles. The molecule has 2 aliphatic heterocycles. The zero-order valence-corrected chi connectivity index (χ0v) is 21.5. The number of nitrogens with zero attached hydrogens (tertiary/aromatic N) is 4. The van der Waals surface area contributed by atoms with Gasteiger partial charge in [0, 0.05) is 84.2 Å². The number of fused-ring (bicyclic) bond motifs is 2. The standard InChI is InChI=1S/C32H29N5O2/c1-35-19-25(23-9-2-4-11-27(23)35)29-30(32(39)34-31(29)38)26-20-37(28-12-5-3-10-24(26)28)22-13-16-36(17-14-22)18-21-8-6-7-15-33-21/h2-12,15,19-20,22H,13-14,16-18H2,1H3,(H,34,38,39)/i6D,7D,8D,15D. The highest BCUT2D eigenvalue weighted by Gasteiger charge is 2.36. The fraction of sp³-hybridized carbons (Fsp3) is 0.219. The van der Waals surface area contributed by atoms with Gasteiger partial charge in [-0.1, -0.05) is 42.4 Å². The molecule has 7 rings (SSSR count). The monoisotopic (exact) mass is 519 g/mol. The third-order valence-corrected chi connectivity index (χ3v) is 7.95. The average Bonchev–Trinajstić information content (AvgIpc) is 3.65. The largest absolute Gasteiger partial charge is 0.350 e. The minimum absolute atomic E-state index is 0.0937. The highest BCUT2D eigenvalue weighted by Crippen LogP contribution is 2.40. The summed E-state index contributed by atoms with van der Waals surface area (Å²) in [7, 11) is 1.93. The number of para-hydroxylation sites is 2. The van der Waals surface area contributed by atoms with Crippen LogP contribution >= 0.6 is 0 Å². The molecule has 0 saturated carbocycles. The van der Waals surface area contributed by atoms with Gasteiger partial charge in [0.05, 0.1) is 22.3 Å². The van der Waals surface area contributed by atoms with Crippen molar-refractivity contribution in [3.05, 3.63) is 102 Å². The highest BCUT2D eigenvalue weighted by atomic mass is 16.2. The lowest BCUT2D eigenvalue weighted by Gasteiger charge is -2.33. The zero-order valence-electron chi connectivity index (χ0n) is 25.5. The molecule has 5 heterocycles. The Hall–Kier alpha value is -4.49. The molecule has 2 aromatic carbocycles. The summed E-state index contributed by atoms with van der Waals surface area (Å²) in [6.07, 6.45) is 5.27. The summed E-state index contributed by atoms with van der Waals surface area (Å²) in [5, 5.41) is 4.37. The van der Waals surface area contributed by atoms with E-state index in [2.05, 4.69) is 19.8 Å². The molecule has 0 unspecified atom stereocenters. The van der Waals surface area contributed by atoms with Gasteiger partial charge in [-0.25, -0.2) is 0 Å². The van der Waals surface area contributed by atoms with Crippen LogP contribution in [0.5, 0.6) is 0 Å². The second-order valence-corrected chi connectivity index (χ2v) is 10.2. The lowest BCUT2D eigenvalue weighted by Crippen LogP contribution is -2.34. The van der Waals surface area contributed by atoms with E-state index >= 15 is 0 Å². The topological polar surface area (TPSA) is 72.2 Å². The Labute approximate surface area is 232 Å². The van der Waals surface area contributed by atoms with Crippen LogP contribution in [0.3, 0.4) is 0 Å². The molecule has 39 heavy (non-hydrogen) atoms. The van der Waals surface area contributed by atoms with Crippen molar-refractivity contribution in [2.45, 2.75) is 25.4 Å². The van der Waals surface area contributed by atoms with Gasteiger partial charge in [-0.2, -0.15) is 0 Å². The van der Waals surface area contributed by atoms with Crippen molar-refractivity contribution in [1.29, 1.82) is 0 Å². The van der Waals surface area contributed by atoms with Gasteiger partial charge in [0.15, 0.2) is 0 Å². The molecule has 1 N–H and O–H groups in total. The van der Waals surface area contributed by atoms with Gasteiger partial charge in [0.25, 0.3) is 11.8 Å². The van der Waals surface area contributed by atoms with Gasteiger partial charge in [-0.05, 0) is 37.1 Å². The minimum atomic E-state index is -0.398. The summed E-state index contributed by atoms with van der Waals surface area (Å²) < 4.78 is 36.0. The van der Waals surface area contributed by atoms with Crippen LogP contribution < -0.4 is 5.32 Å². The molecule has 2 aliphatic rings. The lowest BCUT2D eigenvalue weighted by molar-refractivity contribution is -0.122. The van der Waals surface area contributed by atoms with E-state index in [4.69, 9.17) is 5.48 Å². The maximum Gasteiger partial charge on any atom is 0.259 e. The normalized spacial score (nSPS) is 18.5. The number of pyridine rings is 1. The maximum absolute atomic E-state index is 13.4. The van der Waals surface area contributed by atoms with Crippen molar-refractivity contribution < 1.29 is 15.1 Å². The number of imide groups is 1. The van der Waals surface area contributed by atoms with E-state index in [1.54, 1.807) is 0 Å². The first-order valence-corrected chi connectivity index (χ1v) is 13.1. The molecule has 2 amide bonds. The molecule has 0 atom stereocenters. The van der Waals surface area contributed by atoms with Gasteiger partial charge in [-0.15, -0.1) is 0 Å². The van der Waals surface area contributed by atoms with Gasteiger partial charge in [0.2, 0.25) is 0 Å². The van der Waals surface area contributed by atoms with Crippen LogP contribution in [-0.4, -0.2) is 43.9 Å². The number of amides is 2. The predicted molar refractivity (Wildman–Crippen MR) is 153 cm³/mol. The Morgan fingerprint density at radius 1 is 0.897 bits per heavy atom. The lowest BCUT2D eigenvalue weighted by atomic mass is 9.95. The minimum Gasteiger partial charge on any atom is -0.350 e. The number of carbonyl (C=O) groups excluding carboxylic acids is 2. The van der Waals surface area contributed by atoms with E-state index < -0.39 is 11.8 Å². The van der Waals surface area contributed by atoms with Gasteiger partial charge < -0.3 is 9.13 Å². The van der Waals surface area contributed by atoms with Crippen LogP contribution in [0.15, 0.2) is 85.2 Å². The number of rotatable bonds is 5. The summed E-state index contributed by atoms with van der Waals surface area (Å²) in [5.74, 6) is -0.792. The first-order valence-electron chi connectivity index (χ1n) is 15.1. The molecule has 7 nitrogen and oxygen atoms in total. The van der Waals surface area contributed by atoms with Gasteiger partial charge >= 0.3 is 0 Å². The van der Waals surface area contributed by atoms with Crippen LogP contribution in [0.2, 0.25) is 0 Å². The summed E-state index contributed by atoms with van der Waals surface area (Å²) in [5.41, 5.74) is 4.56. The Morgan fingerprint density at radius 2 is 1.54 bits per heavy atom. The molecule has 1 saturated heterocycles. The number of hydrogen-bond acceptors (Lipinski definition) is 4. The maximum atomic E-state index is 13.4. The van der Waals surface area contributed by atoms with Crippen molar-refractivity contribution in [2.75, 3.05) is 13.1 Å². The van der Waals surface area contributed by atoms with Crippen LogP contribution in [0.25, 0.3) is 33.0 Å². The van der Waals surface area contributed by atoms with Gasteiger partial charge in [-0.3, -0.25) is 24.8 Å². The van der Waals surface area contributed by atoms with E-state index in [0.29, 0.717) is 23.4 Å². The number of likely N-dealkylation sites (tertiary alicyclic amines) is 1. The zero-order chi connectivity index (χ0) is 30.0. The fourth-order valence-electron chi connectivity index (χ4n) is 6.11. The second-order valence-electron chi connectivity index (χ2n) is 10.2. The van der Waals surface area contributed by atoms with E-state index in [9.17, 15) is 9.59 Å². The SMILES string of the molecule is [2H]c1nc(CN2CCC(n3cc(C4=C(c5cn(C)c6ccccc56)C(=O)NC4=O)c4ccccc43)CC2)c([2H])c([2H])c1[2H]. The third kappa shape index (κ3) is 3.97. The molecule has 0 bridgehead atoms. The number of benzene rings is 2. The highest BCUT2D eigenvalue weighted by molar-refractivity contribution is 6.50. The first-order chi connectivity index (χ1) is 20.7. The molecule has 1 fully saturated rings. The van der Waals surface area contributed by atoms with Crippen LogP contribution in [-0.2, 0) is 23.2 Å². The third-order valence-electron chi connectivity index (χ3n) is 7.95. The molecule has 3 aromatic heterocycles. The van der Waals surface area contributed by atoms with E-state index in [0.717, 1.165) is 58.9 Å². The summed E-state index contributed by atoms with van der Waals surface area (Å²) >= 11 is 0. The molecular formula is C32H29N5O2. The van der Waals surface area contributed by atoms with E-state index in [1.807, 2.05) is 72.5 Å². The van der Waals surface area contributed by atoms with Crippen molar-refractivity contribution >= 4 is 44.8 Å². The Balaban J connectivity index is 1.24. The van der Waals surface area contributed by atoms with E-state index in [-0.39, 0.29) is 30.3 Å². The number of carbonyl (C=O) groups is 2.